The highest BCUT2D eigenvalue weighted by atomic mass is 16.5. The van der Waals surface area contributed by atoms with E-state index in [0.29, 0.717) is 6.42 Å². The molecule has 0 aliphatic carbocycles. The van der Waals surface area contributed by atoms with Crippen molar-refractivity contribution in [2.45, 2.75) is 25.9 Å². The first-order valence-electron chi connectivity index (χ1n) is 6.44. The van der Waals surface area contributed by atoms with E-state index in [1.165, 1.54) is 5.56 Å². The molecule has 100 valence electrons. The first kappa shape index (κ1) is 13.6. The molecule has 2 nitrogen and oxygen atoms in total. The van der Waals surface area contributed by atoms with Crippen molar-refractivity contribution in [2.75, 3.05) is 7.11 Å². The predicted molar refractivity (Wildman–Crippen MR) is 77.4 cm³/mol. The van der Waals surface area contributed by atoms with Gasteiger partial charge in [0.2, 0.25) is 0 Å². The quantitative estimate of drug-likeness (QED) is 0.907. The number of hydrogen-bond donors (Lipinski definition) is 1. The number of benzene rings is 2. The van der Waals surface area contributed by atoms with E-state index in [4.69, 9.17) is 4.74 Å². The summed E-state index contributed by atoms with van der Waals surface area (Å²) in [5.41, 5.74) is 2.38. The molecule has 2 aromatic carbocycles. The minimum Gasteiger partial charge on any atom is -0.497 e. The highest BCUT2D eigenvalue weighted by Gasteiger charge is 2.23. The lowest BCUT2D eigenvalue weighted by Gasteiger charge is -2.24. The molecule has 0 fully saturated rings. The van der Waals surface area contributed by atoms with E-state index >= 15 is 0 Å². The number of ether oxygens (including phenoxy) is 1. The first-order valence-corrected chi connectivity index (χ1v) is 6.44. The second kappa shape index (κ2) is 5.45. The zero-order valence-corrected chi connectivity index (χ0v) is 11.7. The maximum Gasteiger partial charge on any atom is 0.118 e. The Morgan fingerprint density at radius 2 is 1.58 bits per heavy atom. The predicted octanol–water partition coefficient (Wildman–Crippen LogP) is 3.45. The SMILES string of the molecule is COc1ccc(C(C)(O)Cc2ccc(C)cc2)cc1. The van der Waals surface area contributed by atoms with Crippen molar-refractivity contribution in [1.29, 1.82) is 0 Å². The second-order valence-electron chi connectivity index (χ2n) is 5.16. The minimum atomic E-state index is -0.873. The summed E-state index contributed by atoms with van der Waals surface area (Å²) in [6.45, 7) is 3.90. The average Bonchev–Trinajstić information content (AvgIpc) is 2.41. The van der Waals surface area contributed by atoms with Crippen LogP contribution in [0.3, 0.4) is 0 Å². The van der Waals surface area contributed by atoms with Gasteiger partial charge in [0.25, 0.3) is 0 Å². The van der Waals surface area contributed by atoms with E-state index in [-0.39, 0.29) is 0 Å². The molecule has 0 aliphatic heterocycles. The van der Waals surface area contributed by atoms with Crippen LogP contribution >= 0.6 is 0 Å². The molecular formula is C17H20O2. The van der Waals surface area contributed by atoms with Crippen molar-refractivity contribution in [3.63, 3.8) is 0 Å². The monoisotopic (exact) mass is 256 g/mol. The first-order chi connectivity index (χ1) is 9.01. The Morgan fingerprint density at radius 1 is 1.00 bits per heavy atom. The molecule has 0 heterocycles. The topological polar surface area (TPSA) is 29.5 Å². The van der Waals surface area contributed by atoms with Crippen LogP contribution in [-0.4, -0.2) is 12.2 Å². The van der Waals surface area contributed by atoms with Crippen LogP contribution in [0.2, 0.25) is 0 Å². The fourth-order valence-corrected chi connectivity index (χ4v) is 2.16. The number of aryl methyl sites for hydroxylation is 1. The third-order valence-electron chi connectivity index (χ3n) is 3.38. The fraction of sp³-hybridized carbons (Fsp3) is 0.294. The summed E-state index contributed by atoms with van der Waals surface area (Å²) in [7, 11) is 1.64. The Kier molecular flexibility index (Phi) is 3.91. The van der Waals surface area contributed by atoms with Gasteiger partial charge < -0.3 is 9.84 Å². The summed E-state index contributed by atoms with van der Waals surface area (Å²) >= 11 is 0. The van der Waals surface area contributed by atoms with E-state index in [1.807, 2.05) is 31.2 Å². The lowest BCUT2D eigenvalue weighted by Crippen LogP contribution is -2.24. The van der Waals surface area contributed by atoms with Crippen LogP contribution in [0.5, 0.6) is 5.75 Å². The van der Waals surface area contributed by atoms with Gasteiger partial charge in [-0.15, -0.1) is 0 Å². The van der Waals surface area contributed by atoms with Crippen LogP contribution in [0.4, 0.5) is 0 Å². The lowest BCUT2D eigenvalue weighted by atomic mass is 9.89. The van der Waals surface area contributed by atoms with Gasteiger partial charge in [-0.25, -0.2) is 0 Å². The van der Waals surface area contributed by atoms with Crippen LogP contribution in [0.15, 0.2) is 48.5 Å². The maximum absolute atomic E-state index is 10.6. The van der Waals surface area contributed by atoms with Gasteiger partial charge >= 0.3 is 0 Å². The number of methoxy groups -OCH3 is 1. The zero-order valence-electron chi connectivity index (χ0n) is 11.7. The Hall–Kier alpha value is -1.80. The molecule has 2 rings (SSSR count). The summed E-state index contributed by atoms with van der Waals surface area (Å²) in [4.78, 5) is 0. The largest absolute Gasteiger partial charge is 0.497 e. The molecule has 0 bridgehead atoms. The summed E-state index contributed by atoms with van der Waals surface area (Å²) in [5, 5.41) is 10.6. The molecule has 19 heavy (non-hydrogen) atoms. The Labute approximate surface area is 114 Å². The Bertz CT molecular complexity index is 524. The van der Waals surface area contributed by atoms with Gasteiger partial charge in [-0.05, 0) is 37.1 Å². The summed E-state index contributed by atoms with van der Waals surface area (Å²) in [5.74, 6) is 0.801. The molecule has 0 spiro atoms. The fourth-order valence-electron chi connectivity index (χ4n) is 2.16. The standard InChI is InChI=1S/C17H20O2/c1-13-4-6-14(7-5-13)12-17(2,18)15-8-10-16(19-3)11-9-15/h4-11,18H,12H2,1-3H3. The molecule has 0 aromatic heterocycles. The van der Waals surface area contributed by atoms with E-state index in [1.54, 1.807) is 7.11 Å². The molecule has 2 aromatic rings. The smallest absolute Gasteiger partial charge is 0.118 e. The third kappa shape index (κ3) is 3.36. The minimum absolute atomic E-state index is 0.597. The van der Waals surface area contributed by atoms with E-state index in [0.717, 1.165) is 16.9 Å². The van der Waals surface area contributed by atoms with Crippen molar-refractivity contribution in [1.82, 2.24) is 0 Å². The van der Waals surface area contributed by atoms with Crippen molar-refractivity contribution < 1.29 is 9.84 Å². The van der Waals surface area contributed by atoms with Gasteiger partial charge in [0.05, 0.1) is 12.7 Å². The summed E-state index contributed by atoms with van der Waals surface area (Å²) in [6.07, 6.45) is 0.597. The van der Waals surface area contributed by atoms with Gasteiger partial charge in [0, 0.05) is 6.42 Å². The van der Waals surface area contributed by atoms with E-state index in [2.05, 4.69) is 31.2 Å². The van der Waals surface area contributed by atoms with Crippen LogP contribution < -0.4 is 4.74 Å². The molecular weight excluding hydrogens is 236 g/mol. The normalized spacial score (nSPS) is 13.9. The highest BCUT2D eigenvalue weighted by Crippen LogP contribution is 2.27. The Balaban J connectivity index is 2.18. The molecule has 0 aliphatic rings. The van der Waals surface area contributed by atoms with Crippen molar-refractivity contribution in [3.05, 3.63) is 65.2 Å². The van der Waals surface area contributed by atoms with Crippen molar-refractivity contribution in [3.8, 4) is 5.75 Å². The molecule has 0 amide bonds. The van der Waals surface area contributed by atoms with Crippen LogP contribution in [0.1, 0.15) is 23.6 Å². The molecule has 0 saturated heterocycles. The highest BCUT2D eigenvalue weighted by molar-refractivity contribution is 5.32. The van der Waals surface area contributed by atoms with Crippen LogP contribution in [-0.2, 0) is 12.0 Å². The van der Waals surface area contributed by atoms with Crippen molar-refractivity contribution in [2.24, 2.45) is 0 Å². The average molecular weight is 256 g/mol. The summed E-state index contributed by atoms with van der Waals surface area (Å²) in [6, 6.07) is 15.8. The van der Waals surface area contributed by atoms with Crippen molar-refractivity contribution >= 4 is 0 Å². The summed E-state index contributed by atoms with van der Waals surface area (Å²) < 4.78 is 5.13. The van der Waals surface area contributed by atoms with Crippen LogP contribution in [0.25, 0.3) is 0 Å². The number of rotatable bonds is 4. The van der Waals surface area contributed by atoms with Gasteiger partial charge in [-0.1, -0.05) is 42.0 Å². The Morgan fingerprint density at radius 3 is 2.11 bits per heavy atom. The molecule has 0 saturated carbocycles. The van der Waals surface area contributed by atoms with Gasteiger partial charge in [0.1, 0.15) is 5.75 Å². The molecule has 0 radical (unpaired) electrons. The maximum atomic E-state index is 10.6. The molecule has 1 unspecified atom stereocenters. The lowest BCUT2D eigenvalue weighted by molar-refractivity contribution is 0.0576. The zero-order chi connectivity index (χ0) is 13.9. The number of hydrogen-bond acceptors (Lipinski definition) is 2. The molecule has 1 N–H and O–H groups in total. The second-order valence-corrected chi connectivity index (χ2v) is 5.16. The van der Waals surface area contributed by atoms with Crippen LogP contribution in [0, 0.1) is 6.92 Å². The van der Waals surface area contributed by atoms with Gasteiger partial charge in [-0.3, -0.25) is 0 Å². The molecule has 2 heteroatoms. The third-order valence-corrected chi connectivity index (χ3v) is 3.38. The number of aliphatic hydroxyl groups is 1. The van der Waals surface area contributed by atoms with Gasteiger partial charge in [-0.2, -0.15) is 0 Å². The van der Waals surface area contributed by atoms with E-state index < -0.39 is 5.60 Å². The van der Waals surface area contributed by atoms with Gasteiger partial charge in [0.15, 0.2) is 0 Å². The molecule has 1 atom stereocenters. The van der Waals surface area contributed by atoms with E-state index in [9.17, 15) is 5.11 Å².